The Morgan fingerprint density at radius 3 is 2.56 bits per heavy atom. The fraction of sp³-hybridized carbons (Fsp3) is 0.700. The van der Waals surface area contributed by atoms with E-state index in [-0.39, 0.29) is 11.5 Å². The Morgan fingerprint density at radius 1 is 1.16 bits per heavy atom. The van der Waals surface area contributed by atoms with Crippen LogP contribution in [0.5, 0.6) is 0 Å². The normalized spacial score (nSPS) is 22.3. The molecule has 1 N–H and O–H groups in total. The fourth-order valence-electron chi connectivity index (χ4n) is 4.04. The average Bonchev–Trinajstić information content (AvgIpc) is 2.58. The molecule has 0 saturated carbocycles. The lowest BCUT2D eigenvalue weighted by Crippen LogP contribution is -2.40. The van der Waals surface area contributed by atoms with Crippen molar-refractivity contribution < 1.29 is 4.79 Å². The quantitative estimate of drug-likeness (QED) is 0.916. The van der Waals surface area contributed by atoms with Gasteiger partial charge in [-0.3, -0.25) is 9.59 Å². The molecule has 25 heavy (non-hydrogen) atoms. The van der Waals surface area contributed by atoms with Crippen LogP contribution >= 0.6 is 0 Å². The first-order chi connectivity index (χ1) is 12.2. The monoisotopic (exact) mass is 345 g/mol. The van der Waals surface area contributed by atoms with Crippen LogP contribution in [-0.4, -0.2) is 41.6 Å². The summed E-state index contributed by atoms with van der Waals surface area (Å²) in [5.41, 5.74) is 1.07. The molecule has 1 amide bonds. The van der Waals surface area contributed by atoms with E-state index in [1.54, 1.807) is 4.57 Å². The van der Waals surface area contributed by atoms with Crippen molar-refractivity contribution >= 4 is 5.91 Å². The van der Waals surface area contributed by atoms with Crippen LogP contribution in [0.3, 0.4) is 0 Å². The molecule has 3 rings (SSSR count). The van der Waals surface area contributed by atoms with Crippen LogP contribution in [0.1, 0.15) is 60.9 Å². The van der Waals surface area contributed by atoms with Crippen molar-refractivity contribution in [2.75, 3.05) is 26.2 Å². The van der Waals surface area contributed by atoms with Gasteiger partial charge in [-0.2, -0.15) is 0 Å². The summed E-state index contributed by atoms with van der Waals surface area (Å²) in [5, 5.41) is 3.40. The summed E-state index contributed by atoms with van der Waals surface area (Å²) in [5.74, 6) is 0.402. The lowest BCUT2D eigenvalue weighted by molar-refractivity contribution is 0.0739. The van der Waals surface area contributed by atoms with Gasteiger partial charge in [0.25, 0.3) is 11.5 Å². The van der Waals surface area contributed by atoms with E-state index in [0.717, 1.165) is 57.4 Å². The van der Waals surface area contributed by atoms with Gasteiger partial charge in [-0.1, -0.05) is 19.3 Å². The van der Waals surface area contributed by atoms with E-state index in [9.17, 15) is 9.59 Å². The topological polar surface area (TPSA) is 54.3 Å². The molecular formula is C20H31N3O2. The Bertz CT molecular complexity index is 639. The van der Waals surface area contributed by atoms with E-state index >= 15 is 0 Å². The molecule has 1 aromatic rings. The van der Waals surface area contributed by atoms with Gasteiger partial charge in [-0.05, 0) is 63.2 Å². The van der Waals surface area contributed by atoms with E-state index in [2.05, 4.69) is 5.32 Å². The van der Waals surface area contributed by atoms with Crippen LogP contribution in [-0.2, 0) is 6.54 Å². The summed E-state index contributed by atoms with van der Waals surface area (Å²) >= 11 is 0. The van der Waals surface area contributed by atoms with Gasteiger partial charge < -0.3 is 14.8 Å². The van der Waals surface area contributed by atoms with Gasteiger partial charge in [-0.15, -0.1) is 0 Å². The number of piperidine rings is 1. The SMILES string of the molecule is Cc1ccn(CC2CCCNC2)c(=O)c1C(=O)N1CCCCCCC1. The second-order valence-corrected chi connectivity index (χ2v) is 7.60. The highest BCUT2D eigenvalue weighted by Gasteiger charge is 2.23. The predicted molar refractivity (Wildman–Crippen MR) is 100 cm³/mol. The molecule has 2 fully saturated rings. The highest BCUT2D eigenvalue weighted by atomic mass is 16.2. The third-order valence-electron chi connectivity index (χ3n) is 5.58. The molecule has 2 aliphatic heterocycles. The lowest BCUT2D eigenvalue weighted by atomic mass is 9.99. The number of nitrogens with zero attached hydrogens (tertiary/aromatic N) is 2. The summed E-state index contributed by atoms with van der Waals surface area (Å²) in [6.45, 7) is 6.16. The van der Waals surface area contributed by atoms with Crippen molar-refractivity contribution in [2.24, 2.45) is 5.92 Å². The molecular weight excluding hydrogens is 314 g/mol. The van der Waals surface area contributed by atoms with Crippen LogP contribution in [0.2, 0.25) is 0 Å². The van der Waals surface area contributed by atoms with E-state index in [0.29, 0.717) is 18.0 Å². The Hall–Kier alpha value is -1.62. The average molecular weight is 345 g/mol. The molecule has 2 aliphatic rings. The van der Waals surface area contributed by atoms with Gasteiger partial charge in [0.2, 0.25) is 0 Å². The van der Waals surface area contributed by atoms with Gasteiger partial charge in [-0.25, -0.2) is 0 Å². The van der Waals surface area contributed by atoms with Crippen molar-refractivity contribution in [3.05, 3.63) is 33.7 Å². The zero-order valence-corrected chi connectivity index (χ0v) is 15.4. The van der Waals surface area contributed by atoms with Crippen molar-refractivity contribution in [1.82, 2.24) is 14.8 Å². The maximum absolute atomic E-state index is 13.1. The highest BCUT2D eigenvalue weighted by molar-refractivity contribution is 5.95. The summed E-state index contributed by atoms with van der Waals surface area (Å²) < 4.78 is 1.75. The first kappa shape index (κ1) is 18.2. The zero-order chi connectivity index (χ0) is 17.6. The molecule has 0 spiro atoms. The standard InChI is InChI=1S/C20H31N3O2/c1-16-9-13-23(15-17-8-7-10-21-14-17)20(25)18(16)19(24)22-11-5-3-2-4-6-12-22/h9,13,17,21H,2-8,10-12,14-15H2,1H3. The number of carbonyl (C=O) groups excluding carboxylic acids is 1. The van der Waals surface area contributed by atoms with Crippen LogP contribution in [0.4, 0.5) is 0 Å². The summed E-state index contributed by atoms with van der Waals surface area (Å²) in [6.07, 6.45) is 9.85. The number of carbonyl (C=O) groups is 1. The molecule has 3 heterocycles. The first-order valence-corrected chi connectivity index (χ1v) is 9.87. The largest absolute Gasteiger partial charge is 0.338 e. The predicted octanol–water partition coefficient (Wildman–Crippen LogP) is 2.56. The van der Waals surface area contributed by atoms with Gasteiger partial charge in [0.1, 0.15) is 5.56 Å². The molecule has 2 saturated heterocycles. The van der Waals surface area contributed by atoms with Gasteiger partial charge in [0.15, 0.2) is 0 Å². The summed E-state index contributed by atoms with van der Waals surface area (Å²) in [4.78, 5) is 27.9. The third-order valence-corrected chi connectivity index (χ3v) is 5.58. The maximum Gasteiger partial charge on any atom is 0.263 e. The minimum absolute atomic E-state index is 0.0690. The number of likely N-dealkylation sites (tertiary alicyclic amines) is 1. The minimum Gasteiger partial charge on any atom is -0.338 e. The summed E-state index contributed by atoms with van der Waals surface area (Å²) in [6, 6.07) is 1.93. The Kier molecular flexibility index (Phi) is 6.29. The van der Waals surface area contributed by atoms with Crippen LogP contribution in [0.15, 0.2) is 17.1 Å². The Balaban J connectivity index is 1.80. The van der Waals surface area contributed by atoms with Gasteiger partial charge in [0.05, 0.1) is 0 Å². The fourth-order valence-corrected chi connectivity index (χ4v) is 4.04. The molecule has 0 radical (unpaired) electrons. The molecule has 1 aromatic heterocycles. The molecule has 1 unspecified atom stereocenters. The van der Waals surface area contributed by atoms with Crippen molar-refractivity contribution in [2.45, 2.75) is 58.4 Å². The van der Waals surface area contributed by atoms with Crippen molar-refractivity contribution in [3.8, 4) is 0 Å². The minimum atomic E-state index is -0.113. The number of aromatic nitrogens is 1. The van der Waals surface area contributed by atoms with Gasteiger partial charge >= 0.3 is 0 Å². The Labute approximate surface area is 150 Å². The van der Waals surface area contributed by atoms with Crippen LogP contribution < -0.4 is 10.9 Å². The number of aryl methyl sites for hydroxylation is 1. The first-order valence-electron chi connectivity index (χ1n) is 9.87. The van der Waals surface area contributed by atoms with Crippen molar-refractivity contribution in [1.29, 1.82) is 0 Å². The van der Waals surface area contributed by atoms with Crippen LogP contribution in [0, 0.1) is 12.8 Å². The van der Waals surface area contributed by atoms with E-state index < -0.39 is 0 Å². The van der Waals surface area contributed by atoms with Crippen LogP contribution in [0.25, 0.3) is 0 Å². The summed E-state index contributed by atoms with van der Waals surface area (Å²) in [7, 11) is 0. The molecule has 0 aliphatic carbocycles. The number of amides is 1. The number of pyridine rings is 1. The smallest absolute Gasteiger partial charge is 0.263 e. The third kappa shape index (κ3) is 4.51. The number of hydrogen-bond acceptors (Lipinski definition) is 3. The maximum atomic E-state index is 13.1. The number of hydrogen-bond donors (Lipinski definition) is 1. The van der Waals surface area contributed by atoms with E-state index in [1.165, 1.54) is 19.3 Å². The van der Waals surface area contributed by atoms with Gasteiger partial charge in [0, 0.05) is 25.8 Å². The molecule has 0 bridgehead atoms. The molecule has 5 nitrogen and oxygen atoms in total. The second kappa shape index (κ2) is 8.65. The van der Waals surface area contributed by atoms with E-state index in [1.807, 2.05) is 24.1 Å². The highest BCUT2D eigenvalue weighted by Crippen LogP contribution is 2.15. The lowest BCUT2D eigenvalue weighted by Gasteiger charge is -2.26. The van der Waals surface area contributed by atoms with Crippen molar-refractivity contribution in [3.63, 3.8) is 0 Å². The zero-order valence-electron chi connectivity index (χ0n) is 15.4. The van der Waals surface area contributed by atoms with E-state index in [4.69, 9.17) is 0 Å². The Morgan fingerprint density at radius 2 is 1.88 bits per heavy atom. The second-order valence-electron chi connectivity index (χ2n) is 7.60. The molecule has 0 aromatic carbocycles. The molecule has 5 heteroatoms. The molecule has 138 valence electrons. The number of nitrogens with one attached hydrogen (secondary N) is 1. The number of rotatable bonds is 3. The molecule has 1 atom stereocenters.